The van der Waals surface area contributed by atoms with Crippen molar-refractivity contribution in [3.05, 3.63) is 34.6 Å². The first-order valence-corrected chi connectivity index (χ1v) is 6.60. The Morgan fingerprint density at radius 3 is 2.89 bits per heavy atom. The van der Waals surface area contributed by atoms with E-state index < -0.39 is 0 Å². The van der Waals surface area contributed by atoms with E-state index in [2.05, 4.69) is 45.3 Å². The second-order valence-electron chi connectivity index (χ2n) is 4.57. The molecule has 1 aromatic carbocycles. The summed E-state index contributed by atoms with van der Waals surface area (Å²) in [6.45, 7) is 5.08. The lowest BCUT2D eigenvalue weighted by molar-refractivity contribution is 0.630. The summed E-state index contributed by atoms with van der Waals surface area (Å²) < 4.78 is 14.5. The molecule has 2 aromatic rings. The van der Waals surface area contributed by atoms with Crippen LogP contribution in [0.4, 0.5) is 10.2 Å². The Kier molecular flexibility index (Phi) is 4.01. The Bertz CT molecular complexity index is 537. The molecule has 1 heterocycles. The average Bonchev–Trinajstić information content (AvgIpc) is 2.78. The Morgan fingerprint density at radius 1 is 1.39 bits per heavy atom. The van der Waals surface area contributed by atoms with Crippen LogP contribution in [0.3, 0.4) is 0 Å². The molecule has 0 bridgehead atoms. The molecular weight excluding hydrogens is 297 g/mol. The minimum atomic E-state index is -0.266. The van der Waals surface area contributed by atoms with Crippen molar-refractivity contribution in [1.29, 1.82) is 0 Å². The highest BCUT2D eigenvalue weighted by molar-refractivity contribution is 9.10. The Hall–Kier alpha value is -1.36. The molecule has 0 aliphatic heterocycles. The molecule has 0 saturated carbocycles. The fourth-order valence-electron chi connectivity index (χ4n) is 1.56. The fourth-order valence-corrected chi connectivity index (χ4v) is 1.92. The summed E-state index contributed by atoms with van der Waals surface area (Å²) in [7, 11) is 0. The summed E-state index contributed by atoms with van der Waals surface area (Å²) in [4.78, 5) is 0. The van der Waals surface area contributed by atoms with Crippen LogP contribution in [0.2, 0.25) is 0 Å². The first-order chi connectivity index (χ1) is 8.56. The number of benzene rings is 1. The lowest BCUT2D eigenvalue weighted by atomic mass is 10.1. The van der Waals surface area contributed by atoms with E-state index in [1.54, 1.807) is 12.1 Å². The fraction of sp³-hybridized carbons (Fsp3) is 0.308. The zero-order chi connectivity index (χ0) is 13.1. The summed E-state index contributed by atoms with van der Waals surface area (Å²) in [6, 6.07) is 6.65. The highest BCUT2D eigenvalue weighted by Crippen LogP contribution is 2.26. The molecule has 96 valence electrons. The van der Waals surface area contributed by atoms with Crippen LogP contribution in [-0.2, 0) is 0 Å². The molecule has 0 aliphatic rings. The first-order valence-electron chi connectivity index (χ1n) is 5.81. The zero-order valence-electron chi connectivity index (χ0n) is 10.3. The number of aromatic amines is 1. The van der Waals surface area contributed by atoms with Gasteiger partial charge in [0, 0.05) is 22.6 Å². The lowest BCUT2D eigenvalue weighted by Gasteiger charge is -2.04. The van der Waals surface area contributed by atoms with E-state index in [4.69, 9.17) is 0 Å². The van der Waals surface area contributed by atoms with Gasteiger partial charge in [0.2, 0.25) is 0 Å². The minimum Gasteiger partial charge on any atom is -0.368 e. The summed E-state index contributed by atoms with van der Waals surface area (Å²) in [5.41, 5.74) is 1.18. The van der Waals surface area contributed by atoms with Crippen molar-refractivity contribution in [3.8, 4) is 11.3 Å². The first kappa shape index (κ1) is 13.1. The van der Waals surface area contributed by atoms with Crippen LogP contribution in [-0.4, -0.2) is 16.7 Å². The molecule has 5 heteroatoms. The van der Waals surface area contributed by atoms with E-state index in [9.17, 15) is 4.39 Å². The van der Waals surface area contributed by atoms with E-state index in [0.717, 1.165) is 16.8 Å². The molecule has 0 unspecified atom stereocenters. The number of anilines is 1. The van der Waals surface area contributed by atoms with Gasteiger partial charge in [0.15, 0.2) is 0 Å². The molecule has 0 atom stereocenters. The van der Waals surface area contributed by atoms with Gasteiger partial charge >= 0.3 is 0 Å². The Labute approximate surface area is 114 Å². The lowest BCUT2D eigenvalue weighted by Crippen LogP contribution is -2.07. The van der Waals surface area contributed by atoms with Gasteiger partial charge in [0.1, 0.15) is 11.6 Å². The van der Waals surface area contributed by atoms with Gasteiger partial charge in [-0.15, -0.1) is 0 Å². The summed E-state index contributed by atoms with van der Waals surface area (Å²) in [5.74, 6) is 1.00. The predicted octanol–water partition coefficient (Wildman–Crippen LogP) is 4.05. The molecule has 18 heavy (non-hydrogen) atoms. The monoisotopic (exact) mass is 311 g/mol. The van der Waals surface area contributed by atoms with Gasteiger partial charge in [-0.25, -0.2) is 4.39 Å². The highest BCUT2D eigenvalue weighted by Gasteiger charge is 2.09. The number of aromatic nitrogens is 2. The third-order valence-electron chi connectivity index (χ3n) is 2.49. The van der Waals surface area contributed by atoms with E-state index in [1.165, 1.54) is 6.07 Å². The van der Waals surface area contributed by atoms with Gasteiger partial charge in [-0.2, -0.15) is 5.10 Å². The van der Waals surface area contributed by atoms with Gasteiger partial charge in [-0.05, 0) is 24.1 Å². The molecule has 0 amide bonds. The van der Waals surface area contributed by atoms with Crippen LogP contribution in [0, 0.1) is 11.7 Å². The third-order valence-corrected chi connectivity index (χ3v) is 2.98. The van der Waals surface area contributed by atoms with Gasteiger partial charge in [0.25, 0.3) is 0 Å². The number of rotatable bonds is 4. The summed E-state index contributed by atoms with van der Waals surface area (Å²) in [5, 5.41) is 10.1. The molecule has 1 aromatic heterocycles. The molecule has 2 rings (SSSR count). The summed E-state index contributed by atoms with van der Waals surface area (Å²) in [6.07, 6.45) is 0. The van der Waals surface area contributed by atoms with Crippen LogP contribution < -0.4 is 5.32 Å². The van der Waals surface area contributed by atoms with E-state index in [-0.39, 0.29) is 5.82 Å². The van der Waals surface area contributed by atoms with E-state index in [1.807, 2.05) is 6.07 Å². The van der Waals surface area contributed by atoms with Crippen molar-refractivity contribution < 1.29 is 4.39 Å². The standard InChI is InChI=1S/C13H15BrFN3/c1-8(2)7-16-13-6-12(17-18-13)10-5-9(14)3-4-11(10)15/h3-6,8H,7H2,1-2H3,(H2,16,17,18). The SMILES string of the molecule is CC(C)CNc1cc(-c2cc(Br)ccc2F)[nH]n1. The number of nitrogens with zero attached hydrogens (tertiary/aromatic N) is 1. The predicted molar refractivity (Wildman–Crippen MR) is 75.0 cm³/mol. The quantitative estimate of drug-likeness (QED) is 0.894. The van der Waals surface area contributed by atoms with Crippen molar-refractivity contribution in [2.24, 2.45) is 5.92 Å². The highest BCUT2D eigenvalue weighted by atomic mass is 79.9. The molecular formula is C13H15BrFN3. The number of hydrogen-bond acceptors (Lipinski definition) is 2. The Morgan fingerprint density at radius 2 is 2.17 bits per heavy atom. The molecule has 0 fully saturated rings. The molecule has 0 spiro atoms. The van der Waals surface area contributed by atoms with Gasteiger partial charge in [-0.1, -0.05) is 29.8 Å². The number of nitrogens with one attached hydrogen (secondary N) is 2. The average molecular weight is 312 g/mol. The number of hydrogen-bond donors (Lipinski definition) is 2. The largest absolute Gasteiger partial charge is 0.368 e. The third kappa shape index (κ3) is 3.10. The zero-order valence-corrected chi connectivity index (χ0v) is 11.9. The van der Waals surface area contributed by atoms with Crippen LogP contribution in [0.15, 0.2) is 28.7 Å². The van der Waals surface area contributed by atoms with Crippen molar-refractivity contribution in [1.82, 2.24) is 10.2 Å². The maximum Gasteiger partial charge on any atom is 0.148 e. The Balaban J connectivity index is 2.21. The molecule has 0 aliphatic carbocycles. The van der Waals surface area contributed by atoms with Gasteiger partial charge in [-0.3, -0.25) is 5.10 Å². The van der Waals surface area contributed by atoms with E-state index in [0.29, 0.717) is 17.2 Å². The van der Waals surface area contributed by atoms with Gasteiger partial charge < -0.3 is 5.32 Å². The van der Waals surface area contributed by atoms with Crippen LogP contribution >= 0.6 is 15.9 Å². The summed E-state index contributed by atoms with van der Waals surface area (Å²) >= 11 is 3.33. The number of H-pyrrole nitrogens is 1. The topological polar surface area (TPSA) is 40.7 Å². The van der Waals surface area contributed by atoms with Crippen LogP contribution in [0.25, 0.3) is 11.3 Å². The molecule has 3 nitrogen and oxygen atoms in total. The second kappa shape index (κ2) is 5.52. The molecule has 0 saturated heterocycles. The van der Waals surface area contributed by atoms with Crippen molar-refractivity contribution >= 4 is 21.7 Å². The van der Waals surface area contributed by atoms with Crippen molar-refractivity contribution in [3.63, 3.8) is 0 Å². The van der Waals surface area contributed by atoms with Crippen LogP contribution in [0.5, 0.6) is 0 Å². The maximum atomic E-state index is 13.7. The minimum absolute atomic E-state index is 0.266. The van der Waals surface area contributed by atoms with Gasteiger partial charge in [0.05, 0.1) is 5.69 Å². The smallest absolute Gasteiger partial charge is 0.148 e. The maximum absolute atomic E-state index is 13.7. The molecule has 2 N–H and O–H groups in total. The van der Waals surface area contributed by atoms with Crippen LogP contribution in [0.1, 0.15) is 13.8 Å². The molecule has 0 radical (unpaired) electrons. The van der Waals surface area contributed by atoms with Crippen molar-refractivity contribution in [2.45, 2.75) is 13.8 Å². The van der Waals surface area contributed by atoms with E-state index >= 15 is 0 Å². The van der Waals surface area contributed by atoms with Crippen molar-refractivity contribution in [2.75, 3.05) is 11.9 Å². The second-order valence-corrected chi connectivity index (χ2v) is 5.48. The number of halogens is 2. The normalized spacial score (nSPS) is 10.9.